The van der Waals surface area contributed by atoms with Crippen molar-refractivity contribution in [2.45, 2.75) is 25.4 Å². The maximum Gasteiger partial charge on any atom is 0.264 e. The molecule has 1 atom stereocenters. The van der Waals surface area contributed by atoms with Crippen molar-refractivity contribution in [2.24, 2.45) is 0 Å². The van der Waals surface area contributed by atoms with E-state index in [2.05, 4.69) is 22.0 Å². The molecule has 1 amide bonds. The predicted molar refractivity (Wildman–Crippen MR) is 97.7 cm³/mol. The van der Waals surface area contributed by atoms with E-state index < -0.39 is 0 Å². The lowest BCUT2D eigenvalue weighted by molar-refractivity contribution is 0.0336. The fourth-order valence-corrected chi connectivity index (χ4v) is 4.36. The Hall–Kier alpha value is -1.76. The fourth-order valence-electron chi connectivity index (χ4n) is 3.68. The van der Waals surface area contributed by atoms with Crippen LogP contribution in [0.3, 0.4) is 0 Å². The molecular weight excluding hydrogens is 334 g/mol. The zero-order chi connectivity index (χ0) is 17.1. The summed E-state index contributed by atoms with van der Waals surface area (Å²) in [5.41, 5.74) is 2.29. The fraction of sp³-hybridized carbons (Fsp3) is 0.474. The molecule has 2 aromatic rings. The van der Waals surface area contributed by atoms with Gasteiger partial charge in [-0.1, -0.05) is 6.07 Å². The number of nitrogens with zero attached hydrogens (tertiary/aromatic N) is 3. The molecule has 6 heteroatoms. The molecule has 0 spiro atoms. The van der Waals surface area contributed by atoms with E-state index in [0.29, 0.717) is 0 Å². The van der Waals surface area contributed by atoms with Crippen LogP contribution in [-0.4, -0.2) is 53.5 Å². The van der Waals surface area contributed by atoms with E-state index in [4.69, 9.17) is 4.74 Å². The van der Waals surface area contributed by atoms with Gasteiger partial charge < -0.3 is 9.64 Å². The van der Waals surface area contributed by atoms with E-state index in [0.717, 1.165) is 62.8 Å². The van der Waals surface area contributed by atoms with Gasteiger partial charge in [0.05, 0.1) is 29.8 Å². The molecule has 0 radical (unpaired) electrons. The smallest absolute Gasteiger partial charge is 0.264 e. The molecule has 2 saturated heterocycles. The van der Waals surface area contributed by atoms with Crippen molar-refractivity contribution in [3.05, 3.63) is 52.0 Å². The molecule has 0 aromatic carbocycles. The Labute approximate surface area is 152 Å². The third-order valence-corrected chi connectivity index (χ3v) is 5.82. The second-order valence-corrected chi connectivity index (χ2v) is 7.55. The predicted octanol–water partition coefficient (Wildman–Crippen LogP) is 2.95. The lowest BCUT2D eigenvalue weighted by Crippen LogP contribution is -2.36. The van der Waals surface area contributed by atoms with Crippen LogP contribution in [-0.2, 0) is 11.3 Å². The Morgan fingerprint density at radius 1 is 1.28 bits per heavy atom. The SMILES string of the molecule is O=C(c1cccs1)N1CCCC1c1ccnc(CN2CCOCC2)c1. The number of morpholine rings is 1. The molecule has 0 N–H and O–H groups in total. The van der Waals surface area contributed by atoms with Gasteiger partial charge in [0.15, 0.2) is 0 Å². The molecule has 2 aliphatic heterocycles. The highest BCUT2D eigenvalue weighted by atomic mass is 32.1. The number of pyridine rings is 1. The molecular formula is C19H23N3O2S. The Morgan fingerprint density at radius 2 is 2.16 bits per heavy atom. The number of hydrogen-bond acceptors (Lipinski definition) is 5. The number of rotatable bonds is 4. The van der Waals surface area contributed by atoms with Gasteiger partial charge >= 0.3 is 0 Å². The number of amides is 1. The van der Waals surface area contributed by atoms with Crippen molar-refractivity contribution in [2.75, 3.05) is 32.8 Å². The first kappa shape index (κ1) is 16.7. The summed E-state index contributed by atoms with van der Waals surface area (Å²) in [6, 6.07) is 8.27. The molecule has 4 rings (SSSR count). The van der Waals surface area contributed by atoms with Crippen LogP contribution in [0.1, 0.15) is 39.8 Å². The average molecular weight is 357 g/mol. The molecule has 1 unspecified atom stereocenters. The third-order valence-electron chi connectivity index (χ3n) is 4.96. The lowest BCUT2D eigenvalue weighted by atomic mass is 10.0. The minimum atomic E-state index is 0.157. The third kappa shape index (κ3) is 3.76. The van der Waals surface area contributed by atoms with Gasteiger partial charge in [-0.2, -0.15) is 0 Å². The Kier molecular flexibility index (Phi) is 5.10. The Morgan fingerprint density at radius 3 is 2.96 bits per heavy atom. The first-order chi connectivity index (χ1) is 12.3. The number of hydrogen-bond donors (Lipinski definition) is 0. The van der Waals surface area contributed by atoms with Gasteiger partial charge in [-0.25, -0.2) is 0 Å². The van der Waals surface area contributed by atoms with Crippen molar-refractivity contribution >= 4 is 17.2 Å². The van der Waals surface area contributed by atoms with Crippen molar-refractivity contribution in [1.29, 1.82) is 0 Å². The van der Waals surface area contributed by atoms with Crippen LogP contribution in [0.2, 0.25) is 0 Å². The Balaban J connectivity index is 1.50. The van der Waals surface area contributed by atoms with E-state index >= 15 is 0 Å². The molecule has 5 nitrogen and oxygen atoms in total. The summed E-state index contributed by atoms with van der Waals surface area (Å²) < 4.78 is 5.41. The molecule has 2 aromatic heterocycles. The first-order valence-electron chi connectivity index (χ1n) is 8.91. The minimum Gasteiger partial charge on any atom is -0.379 e. The van der Waals surface area contributed by atoms with Gasteiger partial charge in [0, 0.05) is 32.4 Å². The summed E-state index contributed by atoms with van der Waals surface area (Å²) in [5, 5.41) is 1.96. The zero-order valence-electron chi connectivity index (χ0n) is 14.3. The number of carbonyl (C=O) groups excluding carboxylic acids is 1. The van der Waals surface area contributed by atoms with Gasteiger partial charge in [-0.05, 0) is 42.0 Å². The maximum absolute atomic E-state index is 12.8. The van der Waals surface area contributed by atoms with E-state index in [-0.39, 0.29) is 11.9 Å². The van der Waals surface area contributed by atoms with Crippen molar-refractivity contribution in [3.63, 3.8) is 0 Å². The van der Waals surface area contributed by atoms with Gasteiger partial charge in [0.1, 0.15) is 0 Å². The largest absolute Gasteiger partial charge is 0.379 e. The standard InChI is InChI=1S/C19H23N3O2S/c23-19(18-4-2-12-25-18)22-7-1-3-17(22)15-5-6-20-16(13-15)14-21-8-10-24-11-9-21/h2,4-6,12-13,17H,1,3,7-11,14H2. The second kappa shape index (κ2) is 7.64. The normalized spacial score (nSPS) is 21.6. The highest BCUT2D eigenvalue weighted by molar-refractivity contribution is 7.12. The van der Waals surface area contributed by atoms with Crippen molar-refractivity contribution < 1.29 is 9.53 Å². The molecule has 0 aliphatic carbocycles. The molecule has 0 saturated carbocycles. The van der Waals surface area contributed by atoms with E-state index in [1.165, 1.54) is 16.9 Å². The van der Waals surface area contributed by atoms with Crippen molar-refractivity contribution in [1.82, 2.24) is 14.8 Å². The van der Waals surface area contributed by atoms with Gasteiger partial charge in [-0.15, -0.1) is 11.3 Å². The summed E-state index contributed by atoms with van der Waals surface area (Å²) in [5.74, 6) is 0.157. The highest BCUT2D eigenvalue weighted by Crippen LogP contribution is 2.34. The Bertz CT molecular complexity index is 713. The monoisotopic (exact) mass is 357 g/mol. The summed E-state index contributed by atoms with van der Waals surface area (Å²) >= 11 is 1.52. The number of thiophene rings is 1. The molecule has 2 fully saturated rings. The topological polar surface area (TPSA) is 45.7 Å². The number of aromatic nitrogens is 1. The van der Waals surface area contributed by atoms with Crippen LogP contribution in [0.5, 0.6) is 0 Å². The van der Waals surface area contributed by atoms with Crippen LogP contribution in [0.15, 0.2) is 35.8 Å². The molecule has 2 aliphatic rings. The van der Waals surface area contributed by atoms with Crippen LogP contribution >= 0.6 is 11.3 Å². The molecule has 25 heavy (non-hydrogen) atoms. The van der Waals surface area contributed by atoms with Gasteiger partial charge in [-0.3, -0.25) is 14.7 Å². The zero-order valence-corrected chi connectivity index (χ0v) is 15.1. The molecule has 0 bridgehead atoms. The summed E-state index contributed by atoms with van der Waals surface area (Å²) in [4.78, 5) is 22.6. The maximum atomic E-state index is 12.8. The van der Waals surface area contributed by atoms with E-state index in [9.17, 15) is 4.79 Å². The summed E-state index contributed by atoms with van der Waals surface area (Å²) in [7, 11) is 0. The van der Waals surface area contributed by atoms with Crippen molar-refractivity contribution in [3.8, 4) is 0 Å². The minimum absolute atomic E-state index is 0.157. The second-order valence-electron chi connectivity index (χ2n) is 6.60. The highest BCUT2D eigenvalue weighted by Gasteiger charge is 2.31. The lowest BCUT2D eigenvalue weighted by Gasteiger charge is -2.27. The van der Waals surface area contributed by atoms with Crippen LogP contribution in [0.4, 0.5) is 0 Å². The van der Waals surface area contributed by atoms with Crippen LogP contribution in [0, 0.1) is 0 Å². The quantitative estimate of drug-likeness (QED) is 0.844. The number of likely N-dealkylation sites (tertiary alicyclic amines) is 1. The summed E-state index contributed by atoms with van der Waals surface area (Å²) in [6.45, 7) is 5.19. The first-order valence-corrected chi connectivity index (χ1v) is 9.78. The van der Waals surface area contributed by atoms with Gasteiger partial charge in [0.2, 0.25) is 0 Å². The molecule has 132 valence electrons. The summed E-state index contributed by atoms with van der Waals surface area (Å²) in [6.07, 6.45) is 3.97. The molecule has 4 heterocycles. The van der Waals surface area contributed by atoms with Crippen LogP contribution in [0.25, 0.3) is 0 Å². The number of carbonyl (C=O) groups is 1. The average Bonchev–Trinajstić information content (AvgIpc) is 3.34. The van der Waals surface area contributed by atoms with E-state index in [1.54, 1.807) is 0 Å². The van der Waals surface area contributed by atoms with E-state index in [1.807, 2.05) is 28.6 Å². The van der Waals surface area contributed by atoms with Gasteiger partial charge in [0.25, 0.3) is 5.91 Å². The number of ether oxygens (including phenoxy) is 1. The van der Waals surface area contributed by atoms with Crippen LogP contribution < -0.4 is 0 Å².